The van der Waals surface area contributed by atoms with Gasteiger partial charge in [0, 0.05) is 24.2 Å². The molecule has 0 aliphatic rings. The number of allylic oxidation sites excluding steroid dienone is 1. The zero-order valence-electron chi connectivity index (χ0n) is 22.6. The van der Waals surface area contributed by atoms with Crippen molar-refractivity contribution in [2.75, 3.05) is 39.1 Å². The Bertz CT molecular complexity index is 1490. The lowest BCUT2D eigenvalue weighted by molar-refractivity contribution is 0.0957. The minimum Gasteiger partial charge on any atom is -0.493 e. The van der Waals surface area contributed by atoms with Crippen LogP contribution >= 0.6 is 11.6 Å². The number of rotatable bonds is 12. The van der Waals surface area contributed by atoms with Crippen molar-refractivity contribution in [3.05, 3.63) is 88.5 Å². The SMILES string of the molecule is COc1ccc(CNc2nc(NCc3ccc(OC)c(OC)c3)n(C(=O)C=Cc3ccc(Cl)cc3)n2)cc1OC. The third kappa shape index (κ3) is 7.03. The standard InChI is InChI=1S/C29H30ClN5O5/c1-37-23-12-7-20(15-25(23)39-3)17-31-28-33-29(32-18-21-8-13-24(38-2)26(16-21)40-4)35(34-28)27(36)14-9-19-5-10-22(30)11-6-19/h5-16H,17-18H2,1-4H3,(H2,31,32,33,34). The molecular weight excluding hydrogens is 534 g/mol. The molecule has 4 aromatic rings. The average Bonchev–Trinajstić information content (AvgIpc) is 3.41. The minimum atomic E-state index is -0.378. The molecule has 11 heteroatoms. The van der Waals surface area contributed by atoms with E-state index in [1.54, 1.807) is 46.6 Å². The number of carbonyl (C=O) groups is 1. The molecular formula is C29H30ClN5O5. The minimum absolute atomic E-state index is 0.273. The Kier molecular flexibility index (Phi) is 9.48. The summed E-state index contributed by atoms with van der Waals surface area (Å²) in [5.41, 5.74) is 2.64. The Hall–Kier alpha value is -4.70. The van der Waals surface area contributed by atoms with Crippen LogP contribution in [0, 0.1) is 0 Å². The van der Waals surface area contributed by atoms with E-state index in [0.717, 1.165) is 16.7 Å². The number of methoxy groups -OCH3 is 4. The summed E-state index contributed by atoms with van der Waals surface area (Å²) >= 11 is 5.96. The number of benzene rings is 3. The van der Waals surface area contributed by atoms with Crippen LogP contribution < -0.4 is 29.6 Å². The van der Waals surface area contributed by atoms with E-state index in [4.69, 9.17) is 30.5 Å². The maximum absolute atomic E-state index is 13.2. The highest BCUT2D eigenvalue weighted by molar-refractivity contribution is 6.30. The highest BCUT2D eigenvalue weighted by Gasteiger charge is 2.15. The molecule has 0 aliphatic carbocycles. The summed E-state index contributed by atoms with van der Waals surface area (Å²) in [5, 5.41) is 11.4. The van der Waals surface area contributed by atoms with Gasteiger partial charge in [-0.05, 0) is 59.2 Å². The average molecular weight is 564 g/mol. The number of carbonyl (C=O) groups excluding carboxylic acids is 1. The van der Waals surface area contributed by atoms with Crippen molar-refractivity contribution < 1.29 is 23.7 Å². The Morgan fingerprint density at radius 3 is 1.90 bits per heavy atom. The molecule has 0 atom stereocenters. The number of hydrogen-bond donors (Lipinski definition) is 2. The molecule has 0 fully saturated rings. The molecule has 0 bridgehead atoms. The number of anilines is 2. The molecule has 0 saturated heterocycles. The highest BCUT2D eigenvalue weighted by atomic mass is 35.5. The van der Waals surface area contributed by atoms with Crippen LogP contribution in [-0.4, -0.2) is 49.1 Å². The molecule has 0 radical (unpaired) electrons. The molecule has 0 unspecified atom stereocenters. The number of nitrogens with zero attached hydrogens (tertiary/aromatic N) is 3. The maximum Gasteiger partial charge on any atom is 0.274 e. The molecule has 2 N–H and O–H groups in total. The largest absolute Gasteiger partial charge is 0.493 e. The summed E-state index contributed by atoms with van der Waals surface area (Å²) in [7, 11) is 6.32. The van der Waals surface area contributed by atoms with E-state index in [1.165, 1.54) is 10.8 Å². The van der Waals surface area contributed by atoms with Gasteiger partial charge in [-0.15, -0.1) is 5.10 Å². The first-order valence-electron chi connectivity index (χ1n) is 12.3. The summed E-state index contributed by atoms with van der Waals surface area (Å²) in [6.07, 6.45) is 3.12. The zero-order chi connectivity index (χ0) is 28.5. The van der Waals surface area contributed by atoms with E-state index >= 15 is 0 Å². The van der Waals surface area contributed by atoms with Gasteiger partial charge in [0.2, 0.25) is 11.9 Å². The predicted octanol–water partition coefficient (Wildman–Crippen LogP) is 5.54. The lowest BCUT2D eigenvalue weighted by atomic mass is 10.2. The Balaban J connectivity index is 1.55. The molecule has 1 aromatic heterocycles. The number of halogens is 1. The van der Waals surface area contributed by atoms with Crippen molar-refractivity contribution in [3.8, 4) is 23.0 Å². The Labute approximate surface area is 237 Å². The fourth-order valence-corrected chi connectivity index (χ4v) is 3.94. The molecule has 0 aliphatic heterocycles. The summed E-state index contributed by atoms with van der Waals surface area (Å²) < 4.78 is 22.6. The summed E-state index contributed by atoms with van der Waals surface area (Å²) in [6.45, 7) is 0.761. The molecule has 1 heterocycles. The van der Waals surface area contributed by atoms with Gasteiger partial charge in [-0.1, -0.05) is 35.9 Å². The summed E-state index contributed by atoms with van der Waals surface area (Å²) in [4.78, 5) is 17.7. The van der Waals surface area contributed by atoms with Gasteiger partial charge in [0.25, 0.3) is 5.91 Å². The topological polar surface area (TPSA) is 109 Å². The van der Waals surface area contributed by atoms with Crippen molar-refractivity contribution in [2.24, 2.45) is 0 Å². The first-order valence-corrected chi connectivity index (χ1v) is 12.7. The van der Waals surface area contributed by atoms with Crippen LogP contribution in [0.15, 0.2) is 66.7 Å². The second-order valence-corrected chi connectivity index (χ2v) is 8.92. The fourth-order valence-electron chi connectivity index (χ4n) is 3.81. The van der Waals surface area contributed by atoms with Crippen molar-refractivity contribution in [1.82, 2.24) is 14.8 Å². The quantitative estimate of drug-likeness (QED) is 0.215. The first-order chi connectivity index (χ1) is 19.4. The second-order valence-electron chi connectivity index (χ2n) is 8.48. The monoisotopic (exact) mass is 563 g/mol. The lowest BCUT2D eigenvalue weighted by Gasteiger charge is -2.10. The smallest absolute Gasteiger partial charge is 0.274 e. The third-order valence-corrected chi connectivity index (χ3v) is 6.15. The van der Waals surface area contributed by atoms with Gasteiger partial charge in [-0.25, -0.2) is 0 Å². The van der Waals surface area contributed by atoms with E-state index in [2.05, 4.69) is 20.7 Å². The molecule has 40 heavy (non-hydrogen) atoms. The molecule has 10 nitrogen and oxygen atoms in total. The van der Waals surface area contributed by atoms with Crippen molar-refractivity contribution in [2.45, 2.75) is 13.1 Å². The molecule has 0 spiro atoms. The van der Waals surface area contributed by atoms with Gasteiger partial charge in [-0.3, -0.25) is 4.79 Å². The molecule has 0 amide bonds. The van der Waals surface area contributed by atoms with Crippen LogP contribution in [0.25, 0.3) is 6.08 Å². The second kappa shape index (κ2) is 13.4. The third-order valence-electron chi connectivity index (χ3n) is 5.90. The van der Waals surface area contributed by atoms with Crippen molar-refractivity contribution in [1.29, 1.82) is 0 Å². The zero-order valence-corrected chi connectivity index (χ0v) is 23.4. The Morgan fingerprint density at radius 2 is 1.35 bits per heavy atom. The molecule has 0 saturated carbocycles. The van der Waals surface area contributed by atoms with E-state index in [0.29, 0.717) is 41.1 Å². The number of ether oxygens (including phenoxy) is 4. The summed E-state index contributed by atoms with van der Waals surface area (Å²) in [5.74, 6) is 2.64. The van der Waals surface area contributed by atoms with Crippen LogP contribution in [0.3, 0.4) is 0 Å². The van der Waals surface area contributed by atoms with Crippen LogP contribution in [0.5, 0.6) is 23.0 Å². The number of nitrogens with one attached hydrogen (secondary N) is 2. The maximum atomic E-state index is 13.2. The van der Waals surface area contributed by atoms with Gasteiger partial charge in [0.15, 0.2) is 23.0 Å². The van der Waals surface area contributed by atoms with Crippen molar-refractivity contribution in [3.63, 3.8) is 0 Å². The summed E-state index contributed by atoms with van der Waals surface area (Å²) in [6, 6.07) is 18.3. The number of hydrogen-bond acceptors (Lipinski definition) is 9. The number of aromatic nitrogens is 3. The van der Waals surface area contributed by atoms with Gasteiger partial charge in [-0.2, -0.15) is 9.67 Å². The van der Waals surface area contributed by atoms with E-state index in [-0.39, 0.29) is 17.8 Å². The highest BCUT2D eigenvalue weighted by Crippen LogP contribution is 2.29. The first kappa shape index (κ1) is 28.3. The molecule has 3 aromatic carbocycles. The molecule has 208 valence electrons. The van der Waals surface area contributed by atoms with E-state index < -0.39 is 0 Å². The van der Waals surface area contributed by atoms with Crippen LogP contribution in [0.4, 0.5) is 11.9 Å². The van der Waals surface area contributed by atoms with Crippen LogP contribution in [-0.2, 0) is 13.1 Å². The van der Waals surface area contributed by atoms with Gasteiger partial charge in [0.05, 0.1) is 28.4 Å². The lowest BCUT2D eigenvalue weighted by Crippen LogP contribution is -2.14. The molecule has 4 rings (SSSR count). The van der Waals surface area contributed by atoms with Gasteiger partial charge < -0.3 is 29.6 Å². The van der Waals surface area contributed by atoms with Crippen LogP contribution in [0.1, 0.15) is 21.5 Å². The van der Waals surface area contributed by atoms with Gasteiger partial charge in [0.1, 0.15) is 0 Å². The van der Waals surface area contributed by atoms with Crippen molar-refractivity contribution >= 4 is 35.5 Å². The van der Waals surface area contributed by atoms with E-state index in [1.807, 2.05) is 48.5 Å². The van der Waals surface area contributed by atoms with E-state index in [9.17, 15) is 4.79 Å². The van der Waals surface area contributed by atoms with Gasteiger partial charge >= 0.3 is 0 Å². The fraction of sp³-hybridized carbons (Fsp3) is 0.207. The normalized spacial score (nSPS) is 10.8. The van der Waals surface area contributed by atoms with Crippen LogP contribution in [0.2, 0.25) is 5.02 Å². The predicted molar refractivity (Wildman–Crippen MR) is 155 cm³/mol. The Morgan fingerprint density at radius 1 is 0.800 bits per heavy atom.